The van der Waals surface area contributed by atoms with Gasteiger partial charge in [0.05, 0.1) is 5.41 Å². The van der Waals surface area contributed by atoms with Crippen LogP contribution < -0.4 is 0 Å². The van der Waals surface area contributed by atoms with Crippen LogP contribution in [0.5, 0.6) is 0 Å². The molecule has 0 aromatic carbocycles. The summed E-state index contributed by atoms with van der Waals surface area (Å²) in [5.74, 6) is 1.14. The van der Waals surface area contributed by atoms with Gasteiger partial charge in [0.25, 0.3) is 0 Å². The molecule has 3 rings (SSSR count). The van der Waals surface area contributed by atoms with Gasteiger partial charge in [-0.1, -0.05) is 12.2 Å². The van der Waals surface area contributed by atoms with Gasteiger partial charge in [-0.05, 0) is 32.1 Å². The Balaban J connectivity index is 2.11. The summed E-state index contributed by atoms with van der Waals surface area (Å²) in [4.78, 5) is 24.1. The Morgan fingerprint density at radius 3 is 1.93 bits per heavy atom. The molecule has 0 aromatic rings. The molecule has 0 unspecified atom stereocenters. The van der Waals surface area contributed by atoms with Gasteiger partial charge in [-0.25, -0.2) is 0 Å². The van der Waals surface area contributed by atoms with Gasteiger partial charge in [0.1, 0.15) is 11.6 Å². The predicted octanol–water partition coefficient (Wildman–Crippen LogP) is 1.60. The van der Waals surface area contributed by atoms with E-state index in [2.05, 4.69) is 12.2 Å². The molecule has 14 heavy (non-hydrogen) atoms. The van der Waals surface area contributed by atoms with Crippen LogP contribution in [-0.4, -0.2) is 11.6 Å². The SMILES string of the molecule is CC1(C)C(=O)[C@H]2[C@H](C1=O)[C@H]1C=C[C@H]2C1. The molecule has 3 aliphatic carbocycles. The molecule has 2 fully saturated rings. The van der Waals surface area contributed by atoms with E-state index in [0.29, 0.717) is 11.8 Å². The van der Waals surface area contributed by atoms with Crippen LogP contribution in [0.4, 0.5) is 0 Å². The second-order valence-electron chi connectivity index (χ2n) is 5.35. The lowest BCUT2D eigenvalue weighted by Gasteiger charge is -2.16. The highest BCUT2D eigenvalue weighted by molar-refractivity contribution is 6.15. The molecule has 0 amide bonds. The van der Waals surface area contributed by atoms with E-state index < -0.39 is 5.41 Å². The molecule has 0 aromatic heterocycles. The van der Waals surface area contributed by atoms with Crippen LogP contribution in [0.25, 0.3) is 0 Å². The van der Waals surface area contributed by atoms with E-state index in [9.17, 15) is 9.59 Å². The zero-order valence-electron chi connectivity index (χ0n) is 8.49. The second kappa shape index (κ2) is 2.18. The lowest BCUT2D eigenvalue weighted by Crippen LogP contribution is -2.29. The molecule has 0 spiro atoms. The highest BCUT2D eigenvalue weighted by Gasteiger charge is 2.62. The standard InChI is InChI=1S/C12H14O2/c1-12(2)10(13)8-6-3-4-7(5-6)9(8)11(12)14/h3-4,6-9H,5H2,1-2H3/t6-,7-,8+,9+/m0/s1. The lowest BCUT2D eigenvalue weighted by molar-refractivity contribution is -0.134. The zero-order valence-corrected chi connectivity index (χ0v) is 8.49. The highest BCUT2D eigenvalue weighted by atomic mass is 16.2. The molecule has 0 heterocycles. The molecular formula is C12H14O2. The van der Waals surface area contributed by atoms with E-state index in [4.69, 9.17) is 0 Å². The van der Waals surface area contributed by atoms with Gasteiger partial charge in [-0.3, -0.25) is 9.59 Å². The molecule has 0 aliphatic heterocycles. The van der Waals surface area contributed by atoms with Crippen molar-refractivity contribution in [3.63, 3.8) is 0 Å². The summed E-state index contributed by atoms with van der Waals surface area (Å²) >= 11 is 0. The summed E-state index contributed by atoms with van der Waals surface area (Å²) < 4.78 is 0. The normalized spacial score (nSPS) is 47.6. The molecule has 0 radical (unpaired) electrons. The minimum Gasteiger partial charge on any atom is -0.298 e. The van der Waals surface area contributed by atoms with E-state index in [1.165, 1.54) is 0 Å². The first kappa shape index (κ1) is 8.39. The molecule has 0 N–H and O–H groups in total. The van der Waals surface area contributed by atoms with Gasteiger partial charge in [0, 0.05) is 11.8 Å². The molecule has 2 saturated carbocycles. The lowest BCUT2D eigenvalue weighted by atomic mass is 9.84. The van der Waals surface area contributed by atoms with E-state index >= 15 is 0 Å². The Labute approximate surface area is 83.4 Å². The number of ketones is 2. The third kappa shape index (κ3) is 0.701. The van der Waals surface area contributed by atoms with Gasteiger partial charge in [-0.2, -0.15) is 0 Å². The number of carbonyl (C=O) groups excluding carboxylic acids is 2. The molecule has 2 nitrogen and oxygen atoms in total. The molecule has 4 atom stereocenters. The molecular weight excluding hydrogens is 176 g/mol. The zero-order chi connectivity index (χ0) is 10.1. The van der Waals surface area contributed by atoms with Crippen LogP contribution in [0, 0.1) is 29.1 Å². The van der Waals surface area contributed by atoms with Crippen molar-refractivity contribution in [1.82, 2.24) is 0 Å². The maximum absolute atomic E-state index is 12.1. The Morgan fingerprint density at radius 1 is 1.07 bits per heavy atom. The number of hydrogen-bond acceptors (Lipinski definition) is 2. The van der Waals surface area contributed by atoms with E-state index in [1.54, 1.807) is 13.8 Å². The van der Waals surface area contributed by atoms with Gasteiger partial charge in [0.15, 0.2) is 0 Å². The average Bonchev–Trinajstić information content (AvgIpc) is 2.76. The summed E-state index contributed by atoms with van der Waals surface area (Å²) in [7, 11) is 0. The van der Waals surface area contributed by atoms with Crippen LogP contribution in [0.1, 0.15) is 20.3 Å². The van der Waals surface area contributed by atoms with Crippen molar-refractivity contribution >= 4 is 11.6 Å². The number of Topliss-reactive ketones (excluding diaryl/α,β-unsaturated/α-hetero) is 2. The third-order valence-electron chi connectivity index (χ3n) is 4.30. The first-order chi connectivity index (χ1) is 6.53. The molecule has 74 valence electrons. The second-order valence-corrected chi connectivity index (χ2v) is 5.35. The van der Waals surface area contributed by atoms with Crippen molar-refractivity contribution in [2.75, 3.05) is 0 Å². The molecule has 0 saturated heterocycles. The van der Waals surface area contributed by atoms with Gasteiger partial charge in [0.2, 0.25) is 0 Å². The average molecular weight is 190 g/mol. The Bertz CT molecular complexity index is 333. The summed E-state index contributed by atoms with van der Waals surface area (Å²) in [6, 6.07) is 0. The van der Waals surface area contributed by atoms with E-state index in [0.717, 1.165) is 6.42 Å². The fourth-order valence-corrected chi connectivity index (χ4v) is 3.49. The number of allylic oxidation sites excluding steroid dienone is 2. The van der Waals surface area contributed by atoms with Crippen molar-refractivity contribution < 1.29 is 9.59 Å². The van der Waals surface area contributed by atoms with Crippen LogP contribution in [-0.2, 0) is 9.59 Å². The highest BCUT2D eigenvalue weighted by Crippen LogP contribution is 2.56. The first-order valence-electron chi connectivity index (χ1n) is 5.30. The van der Waals surface area contributed by atoms with Gasteiger partial charge in [-0.15, -0.1) is 0 Å². The number of rotatable bonds is 0. The maximum atomic E-state index is 12.1. The van der Waals surface area contributed by atoms with Crippen LogP contribution in [0.3, 0.4) is 0 Å². The van der Waals surface area contributed by atoms with Gasteiger partial charge >= 0.3 is 0 Å². The fourth-order valence-electron chi connectivity index (χ4n) is 3.49. The summed E-state index contributed by atoms with van der Waals surface area (Å²) in [5, 5.41) is 0. The van der Waals surface area contributed by atoms with Crippen molar-refractivity contribution in [2.45, 2.75) is 20.3 Å². The summed E-state index contributed by atoms with van der Waals surface area (Å²) in [5.41, 5.74) is -0.710. The van der Waals surface area contributed by atoms with Crippen molar-refractivity contribution in [2.24, 2.45) is 29.1 Å². The number of hydrogen-bond donors (Lipinski definition) is 0. The topological polar surface area (TPSA) is 34.1 Å². The van der Waals surface area contributed by atoms with Crippen molar-refractivity contribution in [1.29, 1.82) is 0 Å². The third-order valence-corrected chi connectivity index (χ3v) is 4.30. The first-order valence-corrected chi connectivity index (χ1v) is 5.30. The monoisotopic (exact) mass is 190 g/mol. The van der Waals surface area contributed by atoms with E-state index in [1.807, 2.05) is 0 Å². The minimum atomic E-state index is -0.710. The minimum absolute atomic E-state index is 0.0208. The Morgan fingerprint density at radius 2 is 1.50 bits per heavy atom. The predicted molar refractivity (Wildman–Crippen MR) is 51.5 cm³/mol. The Kier molecular flexibility index (Phi) is 1.31. The Hall–Kier alpha value is -0.920. The maximum Gasteiger partial charge on any atom is 0.150 e. The largest absolute Gasteiger partial charge is 0.298 e. The molecule has 2 heteroatoms. The van der Waals surface area contributed by atoms with E-state index in [-0.39, 0.29) is 23.4 Å². The summed E-state index contributed by atoms with van der Waals surface area (Å²) in [6.45, 7) is 3.57. The molecule has 2 bridgehead atoms. The quantitative estimate of drug-likeness (QED) is 0.429. The van der Waals surface area contributed by atoms with Gasteiger partial charge < -0.3 is 0 Å². The van der Waals surface area contributed by atoms with Crippen LogP contribution in [0.2, 0.25) is 0 Å². The smallest absolute Gasteiger partial charge is 0.150 e. The van der Waals surface area contributed by atoms with Crippen molar-refractivity contribution in [3.05, 3.63) is 12.2 Å². The van der Waals surface area contributed by atoms with Crippen LogP contribution >= 0.6 is 0 Å². The van der Waals surface area contributed by atoms with Crippen molar-refractivity contribution in [3.8, 4) is 0 Å². The summed E-state index contributed by atoms with van der Waals surface area (Å²) in [6.07, 6.45) is 5.31. The number of fused-ring (bicyclic) bond motifs is 5. The fraction of sp³-hybridized carbons (Fsp3) is 0.667. The number of carbonyl (C=O) groups is 2. The van der Waals surface area contributed by atoms with Crippen LogP contribution in [0.15, 0.2) is 12.2 Å². The molecule has 3 aliphatic rings.